The van der Waals surface area contributed by atoms with Gasteiger partial charge in [0.25, 0.3) is 5.91 Å². The molecule has 7 nitrogen and oxygen atoms in total. The maximum atomic E-state index is 13.1. The summed E-state index contributed by atoms with van der Waals surface area (Å²) in [5.41, 5.74) is 2.76. The second kappa shape index (κ2) is 10.8. The Balaban J connectivity index is 1.67. The lowest BCUT2D eigenvalue weighted by Gasteiger charge is -2.35. The summed E-state index contributed by atoms with van der Waals surface area (Å²) in [5.74, 6) is 1.64. The molecule has 2 aromatic rings. The largest absolute Gasteiger partial charge is 0.495 e. The lowest BCUT2D eigenvalue weighted by atomic mass is 9.91. The van der Waals surface area contributed by atoms with Crippen LogP contribution < -0.4 is 20.1 Å². The highest BCUT2D eigenvalue weighted by Crippen LogP contribution is 2.35. The summed E-state index contributed by atoms with van der Waals surface area (Å²) < 4.78 is 10.5. The number of halogens is 1. The molecule has 8 heteroatoms. The number of ether oxygens (including phenoxy) is 2. The normalized spacial score (nSPS) is 17.9. The van der Waals surface area contributed by atoms with Crippen molar-refractivity contribution in [3.8, 4) is 11.5 Å². The minimum atomic E-state index is -0.274. The van der Waals surface area contributed by atoms with Gasteiger partial charge in [-0.05, 0) is 48.9 Å². The molecule has 1 heterocycles. The van der Waals surface area contributed by atoms with E-state index in [0.717, 1.165) is 30.8 Å². The van der Waals surface area contributed by atoms with Crippen molar-refractivity contribution in [2.24, 2.45) is 11.8 Å². The molecule has 2 amide bonds. The Bertz CT molecular complexity index is 1020. The highest BCUT2D eigenvalue weighted by molar-refractivity contribution is 6.32. The van der Waals surface area contributed by atoms with Gasteiger partial charge in [0.1, 0.15) is 11.5 Å². The van der Waals surface area contributed by atoms with E-state index in [1.807, 2.05) is 30.0 Å². The Morgan fingerprint density at radius 1 is 1.03 bits per heavy atom. The van der Waals surface area contributed by atoms with E-state index < -0.39 is 0 Å². The number of hydrogen-bond donors (Lipinski definition) is 2. The summed E-state index contributed by atoms with van der Waals surface area (Å²) in [7, 11) is 3.02. The molecule has 0 saturated carbocycles. The highest BCUT2D eigenvalue weighted by atomic mass is 35.5. The molecule has 0 radical (unpaired) electrons. The zero-order valence-electron chi connectivity index (χ0n) is 19.8. The topological polar surface area (TPSA) is 79.9 Å². The van der Waals surface area contributed by atoms with Gasteiger partial charge in [-0.15, -0.1) is 0 Å². The molecule has 1 fully saturated rings. The zero-order valence-corrected chi connectivity index (χ0v) is 20.6. The Kier molecular flexibility index (Phi) is 8.08. The minimum absolute atomic E-state index is 0.0169. The van der Waals surface area contributed by atoms with E-state index in [-0.39, 0.29) is 18.4 Å². The summed E-state index contributed by atoms with van der Waals surface area (Å²) in [5, 5.41) is 6.31. The van der Waals surface area contributed by atoms with Crippen LogP contribution in [0.1, 0.15) is 36.2 Å². The maximum absolute atomic E-state index is 13.1. The van der Waals surface area contributed by atoms with Crippen molar-refractivity contribution in [2.75, 3.05) is 44.5 Å². The van der Waals surface area contributed by atoms with Gasteiger partial charge < -0.3 is 25.0 Å². The van der Waals surface area contributed by atoms with E-state index in [1.165, 1.54) is 14.2 Å². The number of likely N-dealkylation sites (tertiary alicyclic amines) is 1. The van der Waals surface area contributed by atoms with Crippen LogP contribution in [0.25, 0.3) is 0 Å². The minimum Gasteiger partial charge on any atom is -0.495 e. The average molecular weight is 474 g/mol. The Morgan fingerprint density at radius 3 is 2.33 bits per heavy atom. The molecule has 0 aliphatic carbocycles. The summed E-state index contributed by atoms with van der Waals surface area (Å²) in [6.45, 7) is 7.86. The average Bonchev–Trinajstić information content (AvgIpc) is 2.77. The van der Waals surface area contributed by atoms with E-state index >= 15 is 0 Å². The van der Waals surface area contributed by atoms with Gasteiger partial charge in [0.05, 0.1) is 31.5 Å². The first-order valence-corrected chi connectivity index (χ1v) is 11.4. The molecule has 2 atom stereocenters. The number of benzene rings is 2. The van der Waals surface area contributed by atoms with Crippen LogP contribution in [0.5, 0.6) is 11.5 Å². The third-order valence-corrected chi connectivity index (χ3v) is 6.12. The lowest BCUT2D eigenvalue weighted by Crippen LogP contribution is -2.42. The van der Waals surface area contributed by atoms with Crippen LogP contribution in [-0.4, -0.2) is 50.6 Å². The molecular weight excluding hydrogens is 442 g/mol. The molecule has 2 aromatic carbocycles. The number of carbonyl (C=O) groups is 2. The molecule has 178 valence electrons. The molecule has 1 aliphatic rings. The number of anilines is 2. The fraction of sp³-hybridized carbons (Fsp3) is 0.440. The number of nitrogens with zero attached hydrogens (tertiary/aromatic N) is 1. The molecular formula is C25H32ClN3O4. The number of hydrogen-bond acceptors (Lipinski definition) is 5. The van der Waals surface area contributed by atoms with Gasteiger partial charge in [-0.25, -0.2) is 0 Å². The monoisotopic (exact) mass is 473 g/mol. The van der Waals surface area contributed by atoms with Gasteiger partial charge >= 0.3 is 0 Å². The quantitative estimate of drug-likeness (QED) is 0.601. The van der Waals surface area contributed by atoms with E-state index in [1.54, 1.807) is 12.1 Å². The van der Waals surface area contributed by atoms with Crippen molar-refractivity contribution in [3.05, 3.63) is 46.5 Å². The summed E-state index contributed by atoms with van der Waals surface area (Å²) in [4.78, 5) is 27.6. The number of piperidine rings is 1. The van der Waals surface area contributed by atoms with Crippen molar-refractivity contribution in [1.29, 1.82) is 0 Å². The zero-order chi connectivity index (χ0) is 24.1. The number of methoxy groups -OCH3 is 2. The first kappa shape index (κ1) is 24.7. The number of nitrogens with one attached hydrogen (secondary N) is 2. The van der Waals surface area contributed by atoms with Gasteiger partial charge in [0, 0.05) is 30.4 Å². The molecule has 3 rings (SSSR count). The van der Waals surface area contributed by atoms with Crippen LogP contribution in [0.3, 0.4) is 0 Å². The van der Waals surface area contributed by atoms with Gasteiger partial charge in [-0.1, -0.05) is 31.5 Å². The van der Waals surface area contributed by atoms with Gasteiger partial charge in [0.2, 0.25) is 5.91 Å². The highest BCUT2D eigenvalue weighted by Gasteiger charge is 2.26. The van der Waals surface area contributed by atoms with Crippen LogP contribution in [0.4, 0.5) is 11.4 Å². The fourth-order valence-corrected chi connectivity index (χ4v) is 4.53. The first-order chi connectivity index (χ1) is 15.7. The van der Waals surface area contributed by atoms with E-state index in [0.29, 0.717) is 39.6 Å². The van der Waals surface area contributed by atoms with Crippen LogP contribution in [0.2, 0.25) is 5.02 Å². The molecule has 2 unspecified atom stereocenters. The number of rotatable bonds is 7. The molecule has 33 heavy (non-hydrogen) atoms. The lowest BCUT2D eigenvalue weighted by molar-refractivity contribution is -0.114. The van der Waals surface area contributed by atoms with Crippen molar-refractivity contribution in [2.45, 2.75) is 27.2 Å². The SMILES string of the molecule is COc1cc(OC)c(NC(=O)CNc2cc(C(=O)N3CC(C)CC(C)C3)ccc2C)cc1Cl. The van der Waals surface area contributed by atoms with Crippen molar-refractivity contribution in [1.82, 2.24) is 4.90 Å². The van der Waals surface area contributed by atoms with Gasteiger partial charge in [-0.2, -0.15) is 0 Å². The van der Waals surface area contributed by atoms with E-state index in [2.05, 4.69) is 24.5 Å². The van der Waals surface area contributed by atoms with Gasteiger partial charge in [0.15, 0.2) is 0 Å². The molecule has 0 aromatic heterocycles. The number of aryl methyl sites for hydroxylation is 1. The fourth-order valence-electron chi connectivity index (χ4n) is 4.28. The van der Waals surface area contributed by atoms with Crippen molar-refractivity contribution >= 4 is 34.8 Å². The standard InChI is InChI=1S/C25H32ClN3O4/c1-15-8-16(2)14-29(13-15)25(31)18-7-6-17(3)20(9-18)27-12-24(30)28-21-10-19(26)22(32-4)11-23(21)33-5/h6-7,9-11,15-16,27H,8,12-14H2,1-5H3,(H,28,30). The Labute approximate surface area is 200 Å². The van der Waals surface area contributed by atoms with Crippen LogP contribution in [0.15, 0.2) is 30.3 Å². The summed E-state index contributed by atoms with van der Waals surface area (Å²) in [6, 6.07) is 8.77. The second-order valence-electron chi connectivity index (χ2n) is 8.77. The maximum Gasteiger partial charge on any atom is 0.253 e. The smallest absolute Gasteiger partial charge is 0.253 e. The van der Waals surface area contributed by atoms with Gasteiger partial charge in [-0.3, -0.25) is 9.59 Å². The van der Waals surface area contributed by atoms with Crippen molar-refractivity contribution in [3.63, 3.8) is 0 Å². The summed E-state index contributed by atoms with van der Waals surface area (Å²) >= 11 is 6.18. The third-order valence-electron chi connectivity index (χ3n) is 5.83. The third kappa shape index (κ3) is 6.11. The second-order valence-corrected chi connectivity index (χ2v) is 9.18. The molecule has 0 spiro atoms. The van der Waals surface area contributed by atoms with Crippen molar-refractivity contribution < 1.29 is 19.1 Å². The van der Waals surface area contributed by atoms with Crippen LogP contribution in [0, 0.1) is 18.8 Å². The molecule has 0 bridgehead atoms. The molecule has 1 saturated heterocycles. The van der Waals surface area contributed by atoms with Crippen LogP contribution >= 0.6 is 11.6 Å². The molecule has 2 N–H and O–H groups in total. The van der Waals surface area contributed by atoms with E-state index in [4.69, 9.17) is 21.1 Å². The Morgan fingerprint density at radius 2 is 1.70 bits per heavy atom. The Hall–Kier alpha value is -2.93. The predicted molar refractivity (Wildman–Crippen MR) is 132 cm³/mol. The van der Waals surface area contributed by atoms with Crippen LogP contribution in [-0.2, 0) is 4.79 Å². The molecule has 1 aliphatic heterocycles. The predicted octanol–water partition coefficient (Wildman–Crippen LogP) is 4.83. The van der Waals surface area contributed by atoms with E-state index in [9.17, 15) is 9.59 Å². The first-order valence-electron chi connectivity index (χ1n) is 11.1. The number of amides is 2. The number of carbonyl (C=O) groups excluding carboxylic acids is 2. The summed E-state index contributed by atoms with van der Waals surface area (Å²) in [6.07, 6.45) is 1.14.